The van der Waals surface area contributed by atoms with Gasteiger partial charge in [-0.15, -0.1) is 0 Å². The minimum atomic E-state index is -0.279. The Morgan fingerprint density at radius 2 is 1.77 bits per heavy atom. The number of hydrogen-bond donors (Lipinski definition) is 2. The van der Waals surface area contributed by atoms with Crippen LogP contribution in [-0.4, -0.2) is 45.5 Å². The van der Waals surface area contributed by atoms with Crippen molar-refractivity contribution in [2.75, 3.05) is 33.4 Å². The van der Waals surface area contributed by atoms with Gasteiger partial charge < -0.3 is 24.8 Å². The normalized spacial score (nSPS) is 12.5. The number of nitrogens with one attached hydrogen (secondary N) is 2. The summed E-state index contributed by atoms with van der Waals surface area (Å²) in [6.07, 6.45) is -0.105. The lowest BCUT2D eigenvalue weighted by molar-refractivity contribution is 0.0453. The first-order chi connectivity index (χ1) is 14.6. The van der Waals surface area contributed by atoms with Crippen molar-refractivity contribution in [1.82, 2.24) is 10.6 Å². The molecule has 6 nitrogen and oxygen atoms in total. The molecule has 0 aromatic heterocycles. The molecule has 0 amide bonds. The number of benzene rings is 2. The van der Waals surface area contributed by atoms with E-state index in [1.165, 1.54) is 12.1 Å². The van der Waals surface area contributed by atoms with Crippen molar-refractivity contribution in [2.45, 2.75) is 33.1 Å². The van der Waals surface area contributed by atoms with Crippen LogP contribution in [0.25, 0.3) is 0 Å². The van der Waals surface area contributed by atoms with E-state index in [1.807, 2.05) is 26.0 Å². The average Bonchev–Trinajstić information content (AvgIpc) is 2.75. The van der Waals surface area contributed by atoms with E-state index in [1.54, 1.807) is 19.2 Å². The first-order valence-electron chi connectivity index (χ1n) is 10.2. The molecule has 0 fully saturated rings. The van der Waals surface area contributed by atoms with Crippen molar-refractivity contribution in [3.63, 3.8) is 0 Å². The van der Waals surface area contributed by atoms with Crippen LogP contribution in [0.1, 0.15) is 25.0 Å². The third-order valence-electron chi connectivity index (χ3n) is 4.23. The maximum Gasteiger partial charge on any atom is 0.191 e. The Morgan fingerprint density at radius 1 is 1.03 bits per heavy atom. The van der Waals surface area contributed by atoms with Crippen LogP contribution in [0.3, 0.4) is 0 Å². The van der Waals surface area contributed by atoms with Gasteiger partial charge in [-0.2, -0.15) is 0 Å². The Bertz CT molecular complexity index is 769. The Balaban J connectivity index is 1.72. The highest BCUT2D eigenvalue weighted by Crippen LogP contribution is 2.12. The minimum absolute atomic E-state index is 0.105. The van der Waals surface area contributed by atoms with Crippen LogP contribution < -0.4 is 15.4 Å². The fourth-order valence-corrected chi connectivity index (χ4v) is 2.72. The highest BCUT2D eigenvalue weighted by Gasteiger charge is 2.06. The van der Waals surface area contributed by atoms with Gasteiger partial charge >= 0.3 is 0 Å². The highest BCUT2D eigenvalue weighted by molar-refractivity contribution is 5.79. The zero-order valence-corrected chi connectivity index (χ0v) is 18.0. The SMILES string of the molecule is CCOCCOCc1cccc(CNC(=NC)NCC(C)Oc2ccc(F)cc2)c1. The van der Waals surface area contributed by atoms with Gasteiger partial charge in [-0.25, -0.2) is 4.39 Å². The Morgan fingerprint density at radius 3 is 2.50 bits per heavy atom. The number of aliphatic imine (C=N–C) groups is 1. The lowest BCUT2D eigenvalue weighted by Crippen LogP contribution is -2.41. The molecule has 2 N–H and O–H groups in total. The Labute approximate surface area is 178 Å². The summed E-state index contributed by atoms with van der Waals surface area (Å²) in [6, 6.07) is 14.2. The first-order valence-corrected chi connectivity index (χ1v) is 10.2. The second-order valence-electron chi connectivity index (χ2n) is 6.76. The van der Waals surface area contributed by atoms with Gasteiger partial charge in [0.05, 0.1) is 26.4 Å². The maximum absolute atomic E-state index is 13.0. The summed E-state index contributed by atoms with van der Waals surface area (Å²) in [5.41, 5.74) is 2.26. The molecule has 7 heteroatoms. The molecule has 0 spiro atoms. The maximum atomic E-state index is 13.0. The lowest BCUT2D eigenvalue weighted by Gasteiger charge is -2.18. The van der Waals surface area contributed by atoms with Crippen molar-refractivity contribution in [1.29, 1.82) is 0 Å². The molecule has 2 rings (SSSR count). The zero-order valence-electron chi connectivity index (χ0n) is 18.0. The van der Waals surface area contributed by atoms with E-state index in [0.29, 0.717) is 51.2 Å². The van der Waals surface area contributed by atoms with Crippen molar-refractivity contribution in [3.8, 4) is 5.75 Å². The molecule has 0 heterocycles. The highest BCUT2D eigenvalue weighted by atomic mass is 19.1. The molecule has 1 unspecified atom stereocenters. The average molecular weight is 418 g/mol. The van der Waals surface area contributed by atoms with Gasteiger partial charge in [-0.1, -0.05) is 24.3 Å². The van der Waals surface area contributed by atoms with E-state index in [9.17, 15) is 4.39 Å². The van der Waals surface area contributed by atoms with E-state index in [4.69, 9.17) is 14.2 Å². The number of guanidine groups is 1. The largest absolute Gasteiger partial charge is 0.489 e. The predicted octanol–water partition coefficient (Wildman–Crippen LogP) is 3.51. The van der Waals surface area contributed by atoms with Gasteiger partial charge in [0.15, 0.2) is 5.96 Å². The van der Waals surface area contributed by atoms with Crippen molar-refractivity contribution in [2.24, 2.45) is 4.99 Å². The first kappa shape index (κ1) is 23.6. The van der Waals surface area contributed by atoms with Crippen LogP contribution in [0, 0.1) is 5.82 Å². The minimum Gasteiger partial charge on any atom is -0.489 e. The smallest absolute Gasteiger partial charge is 0.191 e. The second-order valence-corrected chi connectivity index (χ2v) is 6.76. The van der Waals surface area contributed by atoms with Crippen LogP contribution >= 0.6 is 0 Å². The van der Waals surface area contributed by atoms with Crippen LogP contribution in [-0.2, 0) is 22.6 Å². The summed E-state index contributed by atoms with van der Waals surface area (Å²) >= 11 is 0. The molecule has 0 radical (unpaired) electrons. The molecule has 0 aliphatic rings. The summed E-state index contributed by atoms with van der Waals surface area (Å²) in [6.45, 7) is 7.58. The molecule has 0 saturated heterocycles. The molecule has 2 aromatic carbocycles. The van der Waals surface area contributed by atoms with Crippen LogP contribution in [0.15, 0.2) is 53.5 Å². The third-order valence-corrected chi connectivity index (χ3v) is 4.23. The summed E-state index contributed by atoms with van der Waals surface area (Å²) in [4.78, 5) is 4.24. The van der Waals surface area contributed by atoms with Crippen molar-refractivity contribution < 1.29 is 18.6 Å². The lowest BCUT2D eigenvalue weighted by atomic mass is 10.1. The van der Waals surface area contributed by atoms with E-state index < -0.39 is 0 Å². The fourth-order valence-electron chi connectivity index (χ4n) is 2.72. The third kappa shape index (κ3) is 9.24. The molecule has 0 saturated carbocycles. The van der Waals surface area contributed by atoms with Crippen molar-refractivity contribution in [3.05, 3.63) is 65.5 Å². The van der Waals surface area contributed by atoms with E-state index in [2.05, 4.69) is 27.8 Å². The van der Waals surface area contributed by atoms with E-state index >= 15 is 0 Å². The molecule has 0 bridgehead atoms. The molecular weight excluding hydrogens is 385 g/mol. The Hall–Kier alpha value is -2.64. The molecule has 164 valence electrons. The zero-order chi connectivity index (χ0) is 21.6. The molecule has 0 aliphatic heterocycles. The van der Waals surface area contributed by atoms with E-state index in [0.717, 1.165) is 11.1 Å². The Kier molecular flexibility index (Phi) is 10.7. The fraction of sp³-hybridized carbons (Fsp3) is 0.435. The van der Waals surface area contributed by atoms with Gasteiger partial charge in [0.25, 0.3) is 0 Å². The number of rotatable bonds is 12. The van der Waals surface area contributed by atoms with E-state index in [-0.39, 0.29) is 11.9 Å². The summed E-state index contributed by atoms with van der Waals surface area (Å²) in [7, 11) is 1.73. The van der Waals surface area contributed by atoms with Gasteiger partial charge in [0.1, 0.15) is 17.7 Å². The number of ether oxygens (including phenoxy) is 3. The van der Waals surface area contributed by atoms with Crippen LogP contribution in [0.5, 0.6) is 5.75 Å². The standard InChI is InChI=1S/C23H32FN3O3/c1-4-28-12-13-29-17-20-7-5-6-19(14-20)16-27-23(25-3)26-15-18(2)30-22-10-8-21(24)9-11-22/h5-11,14,18H,4,12-13,15-17H2,1-3H3,(H2,25,26,27). The van der Waals surface area contributed by atoms with Gasteiger partial charge in [0, 0.05) is 20.2 Å². The summed E-state index contributed by atoms with van der Waals surface area (Å²) in [5, 5.41) is 6.54. The monoisotopic (exact) mass is 417 g/mol. The molecule has 0 aliphatic carbocycles. The molecular formula is C23H32FN3O3. The second kappa shape index (κ2) is 13.6. The number of halogens is 1. The van der Waals surface area contributed by atoms with Gasteiger partial charge in [-0.05, 0) is 49.2 Å². The van der Waals surface area contributed by atoms with Crippen molar-refractivity contribution >= 4 is 5.96 Å². The van der Waals surface area contributed by atoms with Gasteiger partial charge in [-0.3, -0.25) is 4.99 Å². The molecule has 30 heavy (non-hydrogen) atoms. The molecule has 2 aromatic rings. The van der Waals surface area contributed by atoms with Crippen LogP contribution in [0.4, 0.5) is 4.39 Å². The molecule has 1 atom stereocenters. The topological polar surface area (TPSA) is 64.1 Å². The number of hydrogen-bond acceptors (Lipinski definition) is 4. The van der Waals surface area contributed by atoms with Gasteiger partial charge in [0.2, 0.25) is 0 Å². The van der Waals surface area contributed by atoms with Crippen LogP contribution in [0.2, 0.25) is 0 Å². The predicted molar refractivity (Wildman–Crippen MR) is 117 cm³/mol. The number of nitrogens with zero attached hydrogens (tertiary/aromatic N) is 1. The summed E-state index contributed by atoms with van der Waals surface area (Å²) < 4.78 is 29.6. The summed E-state index contributed by atoms with van der Waals surface area (Å²) in [5.74, 6) is 1.04. The quantitative estimate of drug-likeness (QED) is 0.314.